The third kappa shape index (κ3) is 4.82. The van der Waals surface area contributed by atoms with Gasteiger partial charge in [-0.2, -0.15) is 13.2 Å². The van der Waals surface area contributed by atoms with E-state index >= 15 is 0 Å². The van der Waals surface area contributed by atoms with Crippen LogP contribution in [0.3, 0.4) is 0 Å². The number of carbonyl (C=O) groups is 1. The van der Waals surface area contributed by atoms with Crippen molar-refractivity contribution in [3.63, 3.8) is 0 Å². The van der Waals surface area contributed by atoms with Crippen molar-refractivity contribution in [2.75, 3.05) is 45.8 Å². The lowest BCUT2D eigenvalue weighted by atomic mass is 10.2. The van der Waals surface area contributed by atoms with Gasteiger partial charge in [-0.15, -0.1) is 0 Å². The molecule has 0 saturated carbocycles. The average molecular weight is 296 g/mol. The van der Waals surface area contributed by atoms with Crippen LogP contribution in [0.1, 0.15) is 13.8 Å². The van der Waals surface area contributed by atoms with E-state index in [2.05, 4.69) is 10.6 Å². The average Bonchev–Trinajstić information content (AvgIpc) is 2.40. The van der Waals surface area contributed by atoms with E-state index in [1.807, 2.05) is 0 Å². The smallest absolute Gasteiger partial charge is 0.336 e. The molecular formula is C12H23F3N4O. The monoisotopic (exact) mass is 296 g/mol. The van der Waals surface area contributed by atoms with Gasteiger partial charge in [0.2, 0.25) is 0 Å². The third-order valence-electron chi connectivity index (χ3n) is 3.47. The number of amides is 2. The Morgan fingerprint density at radius 1 is 1.30 bits per heavy atom. The number of hydrogen-bond donors (Lipinski definition) is 2. The van der Waals surface area contributed by atoms with Gasteiger partial charge < -0.3 is 15.5 Å². The van der Waals surface area contributed by atoms with Crippen LogP contribution < -0.4 is 10.6 Å². The predicted octanol–water partition coefficient (Wildman–Crippen LogP) is 0.874. The number of hydrogen-bond acceptors (Lipinski definition) is 3. The molecule has 0 aromatic rings. The van der Waals surface area contributed by atoms with E-state index in [0.29, 0.717) is 39.3 Å². The molecule has 1 aliphatic heterocycles. The molecular weight excluding hydrogens is 273 g/mol. The Morgan fingerprint density at radius 2 is 1.85 bits per heavy atom. The SMILES string of the molecule is CCN(CC)C(=O)NCC(N1CCNCC1)C(F)(F)F. The maximum atomic E-state index is 13.1. The van der Waals surface area contributed by atoms with Gasteiger partial charge >= 0.3 is 12.2 Å². The minimum Gasteiger partial charge on any atom is -0.336 e. The summed E-state index contributed by atoms with van der Waals surface area (Å²) in [6, 6.07) is -2.07. The highest BCUT2D eigenvalue weighted by atomic mass is 19.4. The molecule has 1 atom stereocenters. The maximum absolute atomic E-state index is 13.1. The van der Waals surface area contributed by atoms with E-state index in [0.717, 1.165) is 0 Å². The zero-order valence-electron chi connectivity index (χ0n) is 12.0. The summed E-state index contributed by atoms with van der Waals surface area (Å²) in [5, 5.41) is 5.41. The minimum absolute atomic E-state index is 0.339. The van der Waals surface area contributed by atoms with Crippen LogP contribution in [0.4, 0.5) is 18.0 Å². The first-order chi connectivity index (χ1) is 9.40. The Kier molecular flexibility index (Phi) is 6.54. The zero-order chi connectivity index (χ0) is 15.2. The zero-order valence-corrected chi connectivity index (χ0v) is 12.0. The van der Waals surface area contributed by atoms with Gasteiger partial charge in [-0.3, -0.25) is 4.90 Å². The fourth-order valence-corrected chi connectivity index (χ4v) is 2.25. The van der Waals surface area contributed by atoms with Gasteiger partial charge in [0.25, 0.3) is 0 Å². The summed E-state index contributed by atoms with van der Waals surface area (Å²) in [5.41, 5.74) is 0. The molecule has 0 radical (unpaired) electrons. The summed E-state index contributed by atoms with van der Waals surface area (Å²) < 4.78 is 39.3. The second-order valence-corrected chi connectivity index (χ2v) is 4.70. The quantitative estimate of drug-likeness (QED) is 0.791. The van der Waals surface area contributed by atoms with Crippen LogP contribution in [0.2, 0.25) is 0 Å². The molecule has 2 amide bonds. The highest BCUT2D eigenvalue weighted by Gasteiger charge is 2.43. The molecule has 1 heterocycles. The Morgan fingerprint density at radius 3 is 2.30 bits per heavy atom. The van der Waals surface area contributed by atoms with E-state index in [4.69, 9.17) is 0 Å². The number of piperazine rings is 1. The van der Waals surface area contributed by atoms with Gasteiger partial charge in [0.05, 0.1) is 0 Å². The molecule has 0 aliphatic carbocycles. The fraction of sp³-hybridized carbons (Fsp3) is 0.917. The van der Waals surface area contributed by atoms with Crippen LogP contribution in [0, 0.1) is 0 Å². The number of nitrogens with one attached hydrogen (secondary N) is 2. The first-order valence-electron chi connectivity index (χ1n) is 6.94. The molecule has 20 heavy (non-hydrogen) atoms. The van der Waals surface area contributed by atoms with Crippen molar-refractivity contribution in [3.05, 3.63) is 0 Å². The Hall–Kier alpha value is -1.02. The van der Waals surface area contributed by atoms with Crippen LogP contribution >= 0.6 is 0 Å². The standard InChI is InChI=1S/C12H23F3N4O/c1-3-18(4-2)11(20)17-9-10(12(13,14)15)19-7-5-16-6-8-19/h10,16H,3-9H2,1-2H3,(H,17,20). The Bertz CT molecular complexity index is 302. The second-order valence-electron chi connectivity index (χ2n) is 4.70. The summed E-state index contributed by atoms with van der Waals surface area (Å²) in [7, 11) is 0. The molecule has 1 rings (SSSR count). The predicted molar refractivity (Wildman–Crippen MR) is 70.6 cm³/mol. The number of rotatable bonds is 5. The first-order valence-corrected chi connectivity index (χ1v) is 6.94. The maximum Gasteiger partial charge on any atom is 0.405 e. The van der Waals surface area contributed by atoms with Gasteiger partial charge in [0.1, 0.15) is 6.04 Å². The molecule has 0 spiro atoms. The molecule has 118 valence electrons. The summed E-state index contributed by atoms with van der Waals surface area (Å²) >= 11 is 0. The van der Waals surface area contributed by atoms with Crippen LogP contribution in [0.5, 0.6) is 0 Å². The second kappa shape index (κ2) is 7.68. The van der Waals surface area contributed by atoms with Crippen LogP contribution in [0.25, 0.3) is 0 Å². The van der Waals surface area contributed by atoms with Crippen LogP contribution in [-0.2, 0) is 0 Å². The molecule has 0 aromatic heterocycles. The number of alkyl halides is 3. The molecule has 8 heteroatoms. The Labute approximate surface area is 117 Å². The highest BCUT2D eigenvalue weighted by Crippen LogP contribution is 2.24. The number of carbonyl (C=O) groups excluding carboxylic acids is 1. The summed E-state index contributed by atoms with van der Waals surface area (Å²) in [6.45, 7) is 5.89. The summed E-state index contributed by atoms with van der Waals surface area (Å²) in [5.74, 6) is 0. The topological polar surface area (TPSA) is 47.6 Å². The van der Waals surface area contributed by atoms with Crippen LogP contribution in [0.15, 0.2) is 0 Å². The van der Waals surface area contributed by atoms with Gasteiger partial charge in [-0.05, 0) is 13.8 Å². The Balaban J connectivity index is 2.59. The van der Waals surface area contributed by atoms with Crippen molar-refractivity contribution in [2.24, 2.45) is 0 Å². The highest BCUT2D eigenvalue weighted by molar-refractivity contribution is 5.74. The number of urea groups is 1. The molecule has 1 unspecified atom stereocenters. The van der Waals surface area contributed by atoms with Crippen molar-refractivity contribution >= 4 is 6.03 Å². The largest absolute Gasteiger partial charge is 0.405 e. The van der Waals surface area contributed by atoms with Crippen molar-refractivity contribution in [1.82, 2.24) is 20.4 Å². The molecule has 0 bridgehead atoms. The van der Waals surface area contributed by atoms with E-state index in [-0.39, 0.29) is 0 Å². The first kappa shape index (κ1) is 17.0. The fourth-order valence-electron chi connectivity index (χ4n) is 2.25. The third-order valence-corrected chi connectivity index (χ3v) is 3.47. The van der Waals surface area contributed by atoms with E-state index in [1.54, 1.807) is 13.8 Å². The van der Waals surface area contributed by atoms with E-state index < -0.39 is 24.8 Å². The van der Waals surface area contributed by atoms with Crippen molar-refractivity contribution < 1.29 is 18.0 Å². The van der Waals surface area contributed by atoms with E-state index in [1.165, 1.54) is 9.80 Å². The van der Waals surface area contributed by atoms with Gasteiger partial charge in [0, 0.05) is 45.8 Å². The molecule has 1 saturated heterocycles. The van der Waals surface area contributed by atoms with E-state index in [9.17, 15) is 18.0 Å². The van der Waals surface area contributed by atoms with Crippen molar-refractivity contribution in [1.29, 1.82) is 0 Å². The van der Waals surface area contributed by atoms with Gasteiger partial charge in [0.15, 0.2) is 0 Å². The van der Waals surface area contributed by atoms with Gasteiger partial charge in [-0.1, -0.05) is 0 Å². The molecule has 0 aromatic carbocycles. The molecule has 1 aliphatic rings. The number of nitrogens with zero attached hydrogens (tertiary/aromatic N) is 2. The van der Waals surface area contributed by atoms with Gasteiger partial charge in [-0.25, -0.2) is 4.79 Å². The summed E-state index contributed by atoms with van der Waals surface area (Å²) in [6.07, 6.45) is -4.34. The minimum atomic E-state index is -4.34. The lowest BCUT2D eigenvalue weighted by molar-refractivity contribution is -0.183. The number of halogens is 3. The van der Waals surface area contributed by atoms with Crippen molar-refractivity contribution in [3.8, 4) is 0 Å². The summed E-state index contributed by atoms with van der Waals surface area (Å²) in [4.78, 5) is 14.6. The molecule has 5 nitrogen and oxygen atoms in total. The lowest BCUT2D eigenvalue weighted by Gasteiger charge is -2.36. The van der Waals surface area contributed by atoms with Crippen molar-refractivity contribution in [2.45, 2.75) is 26.1 Å². The molecule has 2 N–H and O–H groups in total. The van der Waals surface area contributed by atoms with Crippen LogP contribution in [-0.4, -0.2) is 73.9 Å². The lowest BCUT2D eigenvalue weighted by Crippen LogP contribution is -2.58. The normalized spacial score (nSPS) is 18.6. The molecule has 1 fully saturated rings.